The van der Waals surface area contributed by atoms with Crippen molar-refractivity contribution in [1.29, 1.82) is 0 Å². The Labute approximate surface area is 161 Å². The van der Waals surface area contributed by atoms with Gasteiger partial charge >= 0.3 is 0 Å². The highest BCUT2D eigenvalue weighted by Crippen LogP contribution is 2.21. The Bertz CT molecular complexity index is 827. The van der Waals surface area contributed by atoms with Crippen LogP contribution in [0.25, 0.3) is 0 Å². The third-order valence-corrected chi connectivity index (χ3v) is 5.41. The third-order valence-electron chi connectivity index (χ3n) is 5.41. The molecular formula is C23H28N2O2. The van der Waals surface area contributed by atoms with Crippen LogP contribution in [0.5, 0.6) is 0 Å². The van der Waals surface area contributed by atoms with Gasteiger partial charge in [0.2, 0.25) is 5.91 Å². The third kappa shape index (κ3) is 4.57. The Balaban J connectivity index is 1.65. The molecule has 2 aromatic rings. The lowest BCUT2D eigenvalue weighted by Crippen LogP contribution is -2.28. The van der Waals surface area contributed by atoms with E-state index in [4.69, 9.17) is 0 Å². The lowest BCUT2D eigenvalue weighted by molar-refractivity contribution is -0.128. The van der Waals surface area contributed by atoms with Crippen molar-refractivity contribution < 1.29 is 9.59 Å². The number of hydrogen-bond acceptors (Lipinski definition) is 2. The second-order valence-electron chi connectivity index (χ2n) is 7.39. The molecule has 0 unspecified atom stereocenters. The summed E-state index contributed by atoms with van der Waals surface area (Å²) in [5.74, 6) is 0.153. The van der Waals surface area contributed by atoms with E-state index in [1.165, 1.54) is 11.1 Å². The van der Waals surface area contributed by atoms with Crippen molar-refractivity contribution in [3.8, 4) is 0 Å². The summed E-state index contributed by atoms with van der Waals surface area (Å²) >= 11 is 0. The summed E-state index contributed by atoms with van der Waals surface area (Å²) in [4.78, 5) is 26.3. The predicted molar refractivity (Wildman–Crippen MR) is 108 cm³/mol. The fourth-order valence-corrected chi connectivity index (χ4v) is 3.50. The van der Waals surface area contributed by atoms with Crippen LogP contribution in [0.2, 0.25) is 0 Å². The lowest BCUT2D eigenvalue weighted by Gasteiger charge is -2.19. The summed E-state index contributed by atoms with van der Waals surface area (Å²) < 4.78 is 0. The zero-order valence-electron chi connectivity index (χ0n) is 16.4. The van der Waals surface area contributed by atoms with E-state index in [1.807, 2.05) is 29.2 Å². The van der Waals surface area contributed by atoms with Crippen molar-refractivity contribution in [2.45, 2.75) is 52.6 Å². The summed E-state index contributed by atoms with van der Waals surface area (Å²) in [6.45, 7) is 7.72. The maximum Gasteiger partial charge on any atom is 0.251 e. The number of aryl methyl sites for hydroxylation is 2. The van der Waals surface area contributed by atoms with E-state index in [-0.39, 0.29) is 17.9 Å². The average molecular weight is 364 g/mol. The maximum atomic E-state index is 12.7. The summed E-state index contributed by atoms with van der Waals surface area (Å²) in [7, 11) is 0. The van der Waals surface area contributed by atoms with Gasteiger partial charge in [0.05, 0.1) is 6.04 Å². The Morgan fingerprint density at radius 3 is 2.44 bits per heavy atom. The first-order chi connectivity index (χ1) is 13.0. The van der Waals surface area contributed by atoms with Gasteiger partial charge in [0.15, 0.2) is 0 Å². The molecule has 1 aliphatic heterocycles. The van der Waals surface area contributed by atoms with E-state index in [9.17, 15) is 9.59 Å². The topological polar surface area (TPSA) is 49.4 Å². The summed E-state index contributed by atoms with van der Waals surface area (Å²) in [5.41, 5.74) is 5.34. The van der Waals surface area contributed by atoms with Crippen LogP contribution in [0, 0.1) is 13.8 Å². The number of carbonyl (C=O) groups excluding carboxylic acids is 2. The standard InChI is InChI=1S/C23H28N2O2/c1-4-21(20-10-7-16(2)17(3)14-20)24-23(27)19-11-8-18(9-12-19)15-25-13-5-6-22(25)26/h7-12,14,21H,4-6,13,15H2,1-3H3,(H,24,27)/t21-/m0/s1. The van der Waals surface area contributed by atoms with Crippen molar-refractivity contribution in [3.05, 3.63) is 70.3 Å². The maximum absolute atomic E-state index is 12.7. The second-order valence-corrected chi connectivity index (χ2v) is 7.39. The molecule has 2 aromatic carbocycles. The van der Waals surface area contributed by atoms with Gasteiger partial charge in [0.25, 0.3) is 5.91 Å². The molecule has 1 aliphatic rings. The van der Waals surface area contributed by atoms with E-state index in [2.05, 4.69) is 44.3 Å². The SMILES string of the molecule is CC[C@H](NC(=O)c1ccc(CN2CCCC2=O)cc1)c1ccc(C)c(C)c1. The molecule has 0 saturated carbocycles. The van der Waals surface area contributed by atoms with Gasteiger partial charge in [0.1, 0.15) is 0 Å². The number of nitrogens with zero attached hydrogens (tertiary/aromatic N) is 1. The van der Waals surface area contributed by atoms with Crippen LogP contribution in [0.4, 0.5) is 0 Å². The molecule has 4 nitrogen and oxygen atoms in total. The molecule has 1 fully saturated rings. The zero-order valence-corrected chi connectivity index (χ0v) is 16.4. The highest BCUT2D eigenvalue weighted by Gasteiger charge is 2.20. The molecule has 4 heteroatoms. The number of amides is 2. The zero-order chi connectivity index (χ0) is 19.4. The minimum Gasteiger partial charge on any atom is -0.345 e. The van der Waals surface area contributed by atoms with Gasteiger partial charge in [-0.2, -0.15) is 0 Å². The molecule has 3 rings (SSSR count). The minimum absolute atomic E-state index is 0.00121. The van der Waals surface area contributed by atoms with E-state index in [1.54, 1.807) is 0 Å². The van der Waals surface area contributed by atoms with Gasteiger partial charge in [-0.25, -0.2) is 0 Å². The molecule has 1 saturated heterocycles. The predicted octanol–water partition coefficient (Wildman–Crippen LogP) is 4.31. The number of nitrogens with one attached hydrogen (secondary N) is 1. The van der Waals surface area contributed by atoms with Crippen LogP contribution in [0.1, 0.15) is 64.8 Å². The molecule has 0 bridgehead atoms. The normalized spacial score (nSPS) is 15.1. The number of likely N-dealkylation sites (tertiary alicyclic amines) is 1. The Hall–Kier alpha value is -2.62. The highest BCUT2D eigenvalue weighted by molar-refractivity contribution is 5.94. The Kier molecular flexibility index (Phi) is 5.94. The molecule has 0 radical (unpaired) electrons. The first-order valence-electron chi connectivity index (χ1n) is 9.72. The van der Waals surface area contributed by atoms with Crippen molar-refractivity contribution in [2.24, 2.45) is 0 Å². The van der Waals surface area contributed by atoms with Crippen LogP contribution in [0.15, 0.2) is 42.5 Å². The van der Waals surface area contributed by atoms with E-state index in [0.29, 0.717) is 18.5 Å². The van der Waals surface area contributed by atoms with Crippen molar-refractivity contribution in [1.82, 2.24) is 10.2 Å². The fraction of sp³-hybridized carbons (Fsp3) is 0.391. The Morgan fingerprint density at radius 1 is 1.11 bits per heavy atom. The van der Waals surface area contributed by atoms with Gasteiger partial charge in [-0.3, -0.25) is 9.59 Å². The average Bonchev–Trinajstić information content (AvgIpc) is 3.07. The summed E-state index contributed by atoms with van der Waals surface area (Å²) in [6.07, 6.45) is 2.43. The fourth-order valence-electron chi connectivity index (χ4n) is 3.50. The van der Waals surface area contributed by atoms with Gasteiger partial charge in [-0.1, -0.05) is 37.3 Å². The quantitative estimate of drug-likeness (QED) is 0.830. The van der Waals surface area contributed by atoms with Crippen LogP contribution < -0.4 is 5.32 Å². The van der Waals surface area contributed by atoms with Crippen LogP contribution in [-0.4, -0.2) is 23.3 Å². The summed E-state index contributed by atoms with van der Waals surface area (Å²) in [5, 5.41) is 3.14. The van der Waals surface area contributed by atoms with E-state index >= 15 is 0 Å². The largest absolute Gasteiger partial charge is 0.345 e. The molecule has 0 aliphatic carbocycles. The van der Waals surface area contributed by atoms with Crippen molar-refractivity contribution in [2.75, 3.05) is 6.54 Å². The van der Waals surface area contributed by atoms with Crippen molar-refractivity contribution in [3.63, 3.8) is 0 Å². The summed E-state index contributed by atoms with van der Waals surface area (Å²) in [6, 6.07) is 13.9. The first-order valence-corrected chi connectivity index (χ1v) is 9.72. The Morgan fingerprint density at radius 2 is 1.85 bits per heavy atom. The molecule has 27 heavy (non-hydrogen) atoms. The lowest BCUT2D eigenvalue weighted by atomic mass is 9.99. The number of rotatable bonds is 6. The van der Waals surface area contributed by atoms with Crippen molar-refractivity contribution >= 4 is 11.8 Å². The second kappa shape index (κ2) is 8.38. The number of hydrogen-bond donors (Lipinski definition) is 1. The van der Waals surface area contributed by atoms with Gasteiger partial charge < -0.3 is 10.2 Å². The van der Waals surface area contributed by atoms with Crippen LogP contribution in [-0.2, 0) is 11.3 Å². The first kappa shape index (κ1) is 19.2. The molecular weight excluding hydrogens is 336 g/mol. The molecule has 142 valence electrons. The van der Waals surface area contributed by atoms with Gasteiger partial charge in [-0.05, 0) is 61.1 Å². The highest BCUT2D eigenvalue weighted by atomic mass is 16.2. The van der Waals surface area contributed by atoms with E-state index in [0.717, 1.165) is 30.5 Å². The van der Waals surface area contributed by atoms with E-state index < -0.39 is 0 Å². The molecule has 1 heterocycles. The molecule has 0 spiro atoms. The molecule has 1 N–H and O–H groups in total. The molecule has 0 aromatic heterocycles. The monoisotopic (exact) mass is 364 g/mol. The molecule has 1 atom stereocenters. The molecule has 2 amide bonds. The van der Waals surface area contributed by atoms with Crippen LogP contribution >= 0.6 is 0 Å². The van der Waals surface area contributed by atoms with Gasteiger partial charge in [0, 0.05) is 25.1 Å². The number of benzene rings is 2. The smallest absolute Gasteiger partial charge is 0.251 e. The minimum atomic E-state index is -0.0659. The number of carbonyl (C=O) groups is 2. The van der Waals surface area contributed by atoms with Crippen LogP contribution in [0.3, 0.4) is 0 Å². The van der Waals surface area contributed by atoms with Gasteiger partial charge in [-0.15, -0.1) is 0 Å².